The van der Waals surface area contributed by atoms with Crippen molar-refractivity contribution in [2.24, 2.45) is 0 Å². The van der Waals surface area contributed by atoms with Crippen molar-refractivity contribution in [1.29, 1.82) is 0 Å². The minimum absolute atomic E-state index is 0.108. The summed E-state index contributed by atoms with van der Waals surface area (Å²) in [7, 11) is 0. The molecule has 0 unspecified atom stereocenters. The van der Waals surface area contributed by atoms with E-state index in [0.29, 0.717) is 15.8 Å². The van der Waals surface area contributed by atoms with Gasteiger partial charge in [-0.05, 0) is 24.1 Å². The lowest BCUT2D eigenvalue weighted by Crippen LogP contribution is -2.11. The third-order valence-corrected chi connectivity index (χ3v) is 3.48. The molecule has 0 N–H and O–H groups in total. The van der Waals surface area contributed by atoms with Crippen molar-refractivity contribution >= 4 is 21.7 Å². The Morgan fingerprint density at radius 2 is 1.90 bits per heavy atom. The van der Waals surface area contributed by atoms with Gasteiger partial charge in [0.25, 0.3) is 0 Å². The quantitative estimate of drug-likeness (QED) is 0.699. The first kappa shape index (κ1) is 15.7. The zero-order valence-electron chi connectivity index (χ0n) is 11.7. The number of halogens is 2. The summed E-state index contributed by atoms with van der Waals surface area (Å²) in [6, 6.07) is 11.7. The summed E-state index contributed by atoms with van der Waals surface area (Å²) in [4.78, 5) is 12.0. The molecule has 0 aliphatic heterocycles. The van der Waals surface area contributed by atoms with Gasteiger partial charge in [-0.25, -0.2) is 4.39 Å². The number of carbonyl (C=O) groups is 1. The van der Waals surface area contributed by atoms with Crippen LogP contribution in [0.5, 0.6) is 5.75 Å². The smallest absolute Gasteiger partial charge is 0.200 e. The molecule has 2 nitrogen and oxygen atoms in total. The molecule has 0 amide bonds. The van der Waals surface area contributed by atoms with Crippen LogP contribution >= 0.6 is 15.9 Å². The molecular weight excluding hydrogens is 335 g/mol. The van der Waals surface area contributed by atoms with Gasteiger partial charge < -0.3 is 4.74 Å². The van der Waals surface area contributed by atoms with Crippen LogP contribution in [0.1, 0.15) is 29.3 Å². The van der Waals surface area contributed by atoms with Crippen molar-refractivity contribution in [1.82, 2.24) is 0 Å². The third-order valence-electron chi connectivity index (χ3n) is 3.02. The molecule has 110 valence electrons. The maximum absolute atomic E-state index is 13.2. The van der Waals surface area contributed by atoms with Gasteiger partial charge in [0.1, 0.15) is 11.6 Å². The SMILES string of the molecule is CCCc1ccc(C(=O)COc2cc(F)cc(Br)c2)cc1. The molecule has 0 aliphatic rings. The molecule has 0 fully saturated rings. The van der Waals surface area contributed by atoms with E-state index in [1.54, 1.807) is 18.2 Å². The number of aryl methyl sites for hydroxylation is 1. The number of ether oxygens (including phenoxy) is 1. The first-order chi connectivity index (χ1) is 10.1. The summed E-state index contributed by atoms with van der Waals surface area (Å²) < 4.78 is 19.1. The largest absolute Gasteiger partial charge is 0.485 e. The van der Waals surface area contributed by atoms with Gasteiger partial charge >= 0.3 is 0 Å². The molecule has 0 bridgehead atoms. The van der Waals surface area contributed by atoms with E-state index in [1.165, 1.54) is 17.7 Å². The standard InChI is InChI=1S/C17H16BrFO2/c1-2-3-12-4-6-13(7-5-12)17(20)11-21-16-9-14(18)8-15(19)10-16/h4-10H,2-3,11H2,1H3. The molecular formula is C17H16BrFO2. The monoisotopic (exact) mass is 350 g/mol. The van der Waals surface area contributed by atoms with Crippen molar-refractivity contribution in [3.05, 3.63) is 63.9 Å². The van der Waals surface area contributed by atoms with E-state index in [2.05, 4.69) is 22.9 Å². The lowest BCUT2D eigenvalue weighted by atomic mass is 10.1. The van der Waals surface area contributed by atoms with Gasteiger partial charge in [-0.2, -0.15) is 0 Å². The van der Waals surface area contributed by atoms with Crippen molar-refractivity contribution in [2.45, 2.75) is 19.8 Å². The number of hydrogen-bond donors (Lipinski definition) is 0. The molecule has 0 spiro atoms. The van der Waals surface area contributed by atoms with Crippen LogP contribution in [-0.4, -0.2) is 12.4 Å². The minimum atomic E-state index is -0.407. The second-order valence-corrected chi connectivity index (χ2v) is 5.68. The van der Waals surface area contributed by atoms with Gasteiger partial charge in [0.2, 0.25) is 0 Å². The summed E-state index contributed by atoms with van der Waals surface area (Å²) in [5.74, 6) is -0.202. The molecule has 2 aromatic carbocycles. The first-order valence-electron chi connectivity index (χ1n) is 6.79. The zero-order valence-corrected chi connectivity index (χ0v) is 13.3. The summed E-state index contributed by atoms with van der Waals surface area (Å²) in [6.45, 7) is 2.01. The number of hydrogen-bond acceptors (Lipinski definition) is 2. The molecule has 4 heteroatoms. The fraction of sp³-hybridized carbons (Fsp3) is 0.235. The van der Waals surface area contributed by atoms with Crippen molar-refractivity contribution in [3.8, 4) is 5.75 Å². The second kappa shape index (κ2) is 7.36. The van der Waals surface area contributed by atoms with Crippen LogP contribution in [0.15, 0.2) is 46.9 Å². The van der Waals surface area contributed by atoms with Crippen molar-refractivity contribution in [3.63, 3.8) is 0 Å². The van der Waals surface area contributed by atoms with E-state index in [9.17, 15) is 9.18 Å². The average Bonchev–Trinajstić information content (AvgIpc) is 2.45. The highest BCUT2D eigenvalue weighted by molar-refractivity contribution is 9.10. The first-order valence-corrected chi connectivity index (χ1v) is 7.59. The number of ketones is 1. The molecule has 21 heavy (non-hydrogen) atoms. The summed E-state index contributed by atoms with van der Waals surface area (Å²) in [5, 5.41) is 0. The van der Waals surface area contributed by atoms with Gasteiger partial charge in [-0.1, -0.05) is 53.5 Å². The number of carbonyl (C=O) groups excluding carboxylic acids is 1. The van der Waals surface area contributed by atoms with E-state index < -0.39 is 5.82 Å². The van der Waals surface area contributed by atoms with Crippen LogP contribution in [0, 0.1) is 5.82 Å². The predicted octanol–water partition coefficient (Wildman–Crippen LogP) is 4.80. The Morgan fingerprint density at radius 1 is 1.19 bits per heavy atom. The Bertz CT molecular complexity index is 603. The molecule has 0 radical (unpaired) electrons. The maximum atomic E-state index is 13.2. The minimum Gasteiger partial charge on any atom is -0.485 e. The molecule has 2 rings (SSSR count). The second-order valence-electron chi connectivity index (χ2n) is 4.76. The Balaban J connectivity index is 1.97. The summed E-state index contributed by atoms with van der Waals surface area (Å²) >= 11 is 3.18. The molecule has 0 aliphatic carbocycles. The maximum Gasteiger partial charge on any atom is 0.200 e. The van der Waals surface area contributed by atoms with Gasteiger partial charge in [-0.3, -0.25) is 4.79 Å². The normalized spacial score (nSPS) is 10.4. The van der Waals surface area contributed by atoms with Crippen LogP contribution in [0.25, 0.3) is 0 Å². The molecule has 0 saturated heterocycles. The van der Waals surface area contributed by atoms with Gasteiger partial charge in [0.15, 0.2) is 12.4 Å². The number of benzene rings is 2. The van der Waals surface area contributed by atoms with E-state index in [1.807, 2.05) is 12.1 Å². The van der Waals surface area contributed by atoms with Crippen molar-refractivity contribution < 1.29 is 13.9 Å². The van der Waals surface area contributed by atoms with E-state index in [-0.39, 0.29) is 12.4 Å². The van der Waals surface area contributed by atoms with Crippen LogP contribution in [-0.2, 0) is 6.42 Å². The van der Waals surface area contributed by atoms with Crippen LogP contribution in [0.2, 0.25) is 0 Å². The van der Waals surface area contributed by atoms with Gasteiger partial charge in [0.05, 0.1) is 0 Å². The van der Waals surface area contributed by atoms with Crippen molar-refractivity contribution in [2.75, 3.05) is 6.61 Å². The highest BCUT2D eigenvalue weighted by Gasteiger charge is 2.08. The third kappa shape index (κ3) is 4.67. The molecule has 2 aromatic rings. The summed E-state index contributed by atoms with van der Waals surface area (Å²) in [6.07, 6.45) is 2.08. The Morgan fingerprint density at radius 3 is 2.52 bits per heavy atom. The highest BCUT2D eigenvalue weighted by Crippen LogP contribution is 2.20. The molecule has 0 aromatic heterocycles. The summed E-state index contributed by atoms with van der Waals surface area (Å²) in [5.41, 5.74) is 1.81. The molecule has 0 saturated carbocycles. The Hall–Kier alpha value is -1.68. The Labute approximate surface area is 132 Å². The lowest BCUT2D eigenvalue weighted by Gasteiger charge is -2.07. The molecule has 0 atom stereocenters. The predicted molar refractivity (Wildman–Crippen MR) is 84.4 cm³/mol. The lowest BCUT2D eigenvalue weighted by molar-refractivity contribution is 0.0921. The van der Waals surface area contributed by atoms with E-state index in [4.69, 9.17) is 4.74 Å². The Kier molecular flexibility index (Phi) is 5.51. The van der Waals surface area contributed by atoms with E-state index in [0.717, 1.165) is 12.8 Å². The number of Topliss-reactive ketones (excluding diaryl/α,β-unsaturated/α-hetero) is 1. The van der Waals surface area contributed by atoms with Crippen LogP contribution in [0.3, 0.4) is 0 Å². The zero-order chi connectivity index (χ0) is 15.2. The molecule has 0 heterocycles. The fourth-order valence-electron chi connectivity index (χ4n) is 1.99. The highest BCUT2D eigenvalue weighted by atomic mass is 79.9. The average molecular weight is 351 g/mol. The van der Waals surface area contributed by atoms with Crippen LogP contribution in [0.4, 0.5) is 4.39 Å². The number of rotatable bonds is 6. The van der Waals surface area contributed by atoms with Gasteiger partial charge in [-0.15, -0.1) is 0 Å². The van der Waals surface area contributed by atoms with Gasteiger partial charge in [0, 0.05) is 16.1 Å². The fourth-order valence-corrected chi connectivity index (χ4v) is 2.43. The van der Waals surface area contributed by atoms with E-state index >= 15 is 0 Å². The topological polar surface area (TPSA) is 26.3 Å². The van der Waals surface area contributed by atoms with Crippen LogP contribution < -0.4 is 4.74 Å².